The van der Waals surface area contributed by atoms with Crippen molar-refractivity contribution in [3.8, 4) is 11.5 Å². The predicted molar refractivity (Wildman–Crippen MR) is 99.4 cm³/mol. The van der Waals surface area contributed by atoms with E-state index in [1.165, 1.54) is 37.3 Å². The molecular formula is C20H21FN2O4. The van der Waals surface area contributed by atoms with Gasteiger partial charge in [-0.2, -0.15) is 0 Å². The van der Waals surface area contributed by atoms with Crippen molar-refractivity contribution in [3.63, 3.8) is 0 Å². The predicted octanol–water partition coefficient (Wildman–Crippen LogP) is 2.85. The second-order valence-corrected chi connectivity index (χ2v) is 5.53. The van der Waals surface area contributed by atoms with Crippen molar-refractivity contribution in [2.75, 3.05) is 6.61 Å². The number of ether oxygens (including phenoxy) is 2. The van der Waals surface area contributed by atoms with Gasteiger partial charge in [0, 0.05) is 6.08 Å². The Labute approximate surface area is 157 Å². The average Bonchev–Trinajstić information content (AvgIpc) is 2.67. The van der Waals surface area contributed by atoms with Crippen LogP contribution in [0, 0.1) is 5.82 Å². The molecule has 2 N–H and O–H groups in total. The third-order valence-electron chi connectivity index (χ3n) is 3.42. The van der Waals surface area contributed by atoms with E-state index in [2.05, 4.69) is 10.9 Å². The highest BCUT2D eigenvalue weighted by atomic mass is 19.1. The zero-order valence-electron chi connectivity index (χ0n) is 15.1. The van der Waals surface area contributed by atoms with Crippen molar-refractivity contribution in [2.45, 2.75) is 20.0 Å². The summed E-state index contributed by atoms with van der Waals surface area (Å²) in [5.41, 5.74) is 5.35. The number of hydrazine groups is 1. The fraction of sp³-hybridized carbons (Fsp3) is 0.200. The van der Waals surface area contributed by atoms with E-state index < -0.39 is 23.7 Å². The number of hydrogen-bond acceptors (Lipinski definition) is 4. The normalized spacial score (nSPS) is 11.7. The topological polar surface area (TPSA) is 76.7 Å². The van der Waals surface area contributed by atoms with Gasteiger partial charge in [0.25, 0.3) is 11.8 Å². The molecular weight excluding hydrogens is 351 g/mol. The lowest BCUT2D eigenvalue weighted by Gasteiger charge is -2.14. The monoisotopic (exact) mass is 372 g/mol. The number of carbonyl (C=O) groups is 2. The molecule has 1 atom stereocenters. The van der Waals surface area contributed by atoms with Crippen molar-refractivity contribution < 1.29 is 23.5 Å². The van der Waals surface area contributed by atoms with Crippen molar-refractivity contribution in [1.82, 2.24) is 10.9 Å². The summed E-state index contributed by atoms with van der Waals surface area (Å²) < 4.78 is 23.6. The lowest BCUT2D eigenvalue weighted by Crippen LogP contribution is -2.46. The number of halogens is 1. The van der Waals surface area contributed by atoms with E-state index in [0.717, 1.165) is 11.3 Å². The smallest absolute Gasteiger partial charge is 0.279 e. The minimum Gasteiger partial charge on any atom is -0.494 e. The zero-order chi connectivity index (χ0) is 19.6. The summed E-state index contributed by atoms with van der Waals surface area (Å²) in [6, 6.07) is 12.5. The summed E-state index contributed by atoms with van der Waals surface area (Å²) in [7, 11) is 0. The van der Waals surface area contributed by atoms with Gasteiger partial charge in [-0.05, 0) is 61.9 Å². The van der Waals surface area contributed by atoms with Crippen molar-refractivity contribution >= 4 is 17.9 Å². The Morgan fingerprint density at radius 2 is 1.67 bits per heavy atom. The SMILES string of the molecule is CCOc1ccc(/C=C/C(=O)NNC(=O)[C@@H](C)Oc2ccc(F)cc2)cc1. The fourth-order valence-electron chi connectivity index (χ4n) is 2.05. The van der Waals surface area contributed by atoms with E-state index >= 15 is 0 Å². The lowest BCUT2D eigenvalue weighted by atomic mass is 10.2. The summed E-state index contributed by atoms with van der Waals surface area (Å²) in [4.78, 5) is 23.7. The molecule has 142 valence electrons. The van der Waals surface area contributed by atoms with Crippen LogP contribution >= 0.6 is 0 Å². The van der Waals surface area contributed by atoms with Crippen molar-refractivity contribution in [2.24, 2.45) is 0 Å². The Balaban J connectivity index is 1.78. The molecule has 0 aliphatic rings. The number of nitrogens with one attached hydrogen (secondary N) is 2. The molecule has 2 rings (SSSR count). The molecule has 0 bridgehead atoms. The van der Waals surface area contributed by atoms with Gasteiger partial charge in [0.2, 0.25) is 0 Å². The van der Waals surface area contributed by atoms with Gasteiger partial charge in [0.05, 0.1) is 6.61 Å². The molecule has 0 aliphatic carbocycles. The molecule has 2 aromatic rings. The highest BCUT2D eigenvalue weighted by molar-refractivity contribution is 5.93. The third kappa shape index (κ3) is 6.81. The molecule has 6 nitrogen and oxygen atoms in total. The van der Waals surface area contributed by atoms with E-state index in [1.54, 1.807) is 18.2 Å². The molecule has 0 radical (unpaired) electrons. The van der Waals surface area contributed by atoms with Gasteiger partial charge in [-0.1, -0.05) is 12.1 Å². The van der Waals surface area contributed by atoms with E-state index in [-0.39, 0.29) is 0 Å². The van der Waals surface area contributed by atoms with Gasteiger partial charge >= 0.3 is 0 Å². The Morgan fingerprint density at radius 3 is 2.30 bits per heavy atom. The minimum absolute atomic E-state index is 0.348. The zero-order valence-corrected chi connectivity index (χ0v) is 15.1. The summed E-state index contributed by atoms with van der Waals surface area (Å²) >= 11 is 0. The van der Waals surface area contributed by atoms with Gasteiger partial charge in [-0.15, -0.1) is 0 Å². The van der Waals surface area contributed by atoms with Gasteiger partial charge in [0.1, 0.15) is 17.3 Å². The molecule has 7 heteroatoms. The third-order valence-corrected chi connectivity index (χ3v) is 3.42. The quantitative estimate of drug-likeness (QED) is 0.579. The molecule has 0 spiro atoms. The van der Waals surface area contributed by atoms with Crippen molar-refractivity contribution in [3.05, 3.63) is 66.0 Å². The number of benzene rings is 2. The van der Waals surface area contributed by atoms with Crippen LogP contribution < -0.4 is 20.3 Å². The first-order chi connectivity index (χ1) is 13.0. The lowest BCUT2D eigenvalue weighted by molar-refractivity contribution is -0.131. The van der Waals surface area contributed by atoms with Gasteiger partial charge < -0.3 is 9.47 Å². The first kappa shape index (κ1) is 20.0. The molecule has 2 aromatic carbocycles. The van der Waals surface area contributed by atoms with Crippen LogP contribution in [0.2, 0.25) is 0 Å². The van der Waals surface area contributed by atoms with Crippen molar-refractivity contribution in [1.29, 1.82) is 0 Å². The van der Waals surface area contributed by atoms with Gasteiger partial charge in [-0.25, -0.2) is 4.39 Å². The van der Waals surface area contributed by atoms with Crippen LogP contribution in [0.15, 0.2) is 54.6 Å². The maximum atomic E-state index is 12.8. The van der Waals surface area contributed by atoms with Crippen LogP contribution in [0.25, 0.3) is 6.08 Å². The number of rotatable bonds is 7. The molecule has 0 unspecified atom stereocenters. The molecule has 27 heavy (non-hydrogen) atoms. The largest absolute Gasteiger partial charge is 0.494 e. The molecule has 0 fully saturated rings. The summed E-state index contributed by atoms with van der Waals surface area (Å²) in [6.07, 6.45) is 2.03. The van der Waals surface area contributed by atoms with Crippen LogP contribution in [-0.2, 0) is 9.59 Å². The summed E-state index contributed by atoms with van der Waals surface area (Å²) in [5.74, 6) is -0.332. The Hall–Kier alpha value is -3.35. The first-order valence-corrected chi connectivity index (χ1v) is 8.41. The maximum Gasteiger partial charge on any atom is 0.279 e. The second-order valence-electron chi connectivity index (χ2n) is 5.53. The summed E-state index contributed by atoms with van der Waals surface area (Å²) in [5, 5.41) is 0. The molecule has 0 heterocycles. The Kier molecular flexibility index (Phi) is 7.37. The fourth-order valence-corrected chi connectivity index (χ4v) is 2.05. The van der Waals surface area contributed by atoms with E-state index in [4.69, 9.17) is 9.47 Å². The Morgan fingerprint density at radius 1 is 1.04 bits per heavy atom. The van der Waals surface area contributed by atoms with Crippen LogP contribution in [0.3, 0.4) is 0 Å². The van der Waals surface area contributed by atoms with E-state index in [0.29, 0.717) is 12.4 Å². The van der Waals surface area contributed by atoms with Crippen LogP contribution in [0.4, 0.5) is 4.39 Å². The van der Waals surface area contributed by atoms with E-state index in [1.807, 2.05) is 19.1 Å². The minimum atomic E-state index is -0.870. The second kappa shape index (κ2) is 9.96. The molecule has 0 saturated heterocycles. The maximum absolute atomic E-state index is 12.8. The number of hydrogen-bond donors (Lipinski definition) is 2. The molecule has 0 saturated carbocycles. The van der Waals surface area contributed by atoms with Crippen LogP contribution in [0.5, 0.6) is 11.5 Å². The van der Waals surface area contributed by atoms with E-state index in [9.17, 15) is 14.0 Å². The van der Waals surface area contributed by atoms with Gasteiger partial charge in [0.15, 0.2) is 6.10 Å². The standard InChI is InChI=1S/C20H21FN2O4/c1-3-26-17-9-4-15(5-10-17)6-13-19(24)22-23-20(25)14(2)27-18-11-7-16(21)8-12-18/h4-14H,3H2,1-2H3,(H,22,24)(H,23,25)/b13-6+/t14-/m1/s1. The Bertz CT molecular complexity index is 789. The highest BCUT2D eigenvalue weighted by Gasteiger charge is 2.14. The number of amides is 2. The van der Waals surface area contributed by atoms with Crippen LogP contribution in [0.1, 0.15) is 19.4 Å². The summed E-state index contributed by atoms with van der Waals surface area (Å²) in [6.45, 7) is 4.00. The highest BCUT2D eigenvalue weighted by Crippen LogP contribution is 2.13. The van der Waals surface area contributed by atoms with Crippen LogP contribution in [-0.4, -0.2) is 24.5 Å². The first-order valence-electron chi connectivity index (χ1n) is 8.41. The molecule has 0 aliphatic heterocycles. The molecule has 0 aromatic heterocycles. The van der Waals surface area contributed by atoms with Gasteiger partial charge in [-0.3, -0.25) is 20.4 Å². The average molecular weight is 372 g/mol. The molecule has 2 amide bonds. The number of carbonyl (C=O) groups excluding carboxylic acids is 2.